The molecule has 0 saturated carbocycles. The van der Waals surface area contributed by atoms with Crippen LogP contribution in [-0.2, 0) is 9.47 Å². The lowest BCUT2D eigenvalue weighted by Gasteiger charge is -2.21. The van der Waals surface area contributed by atoms with Crippen molar-refractivity contribution in [1.29, 1.82) is 0 Å². The average Bonchev–Trinajstić information content (AvgIpc) is 2.31. The maximum atomic E-state index is 5.10. The van der Waals surface area contributed by atoms with E-state index >= 15 is 0 Å². The van der Waals surface area contributed by atoms with E-state index in [2.05, 4.69) is 10.2 Å². The molecule has 0 bridgehead atoms. The van der Waals surface area contributed by atoms with Crippen LogP contribution < -0.4 is 5.32 Å². The van der Waals surface area contributed by atoms with Gasteiger partial charge in [0.2, 0.25) is 0 Å². The molecule has 0 atom stereocenters. The Morgan fingerprint density at radius 3 is 2.00 bits per heavy atom. The van der Waals surface area contributed by atoms with E-state index in [0.717, 1.165) is 39.4 Å². The Balaban J connectivity index is 3.48. The molecule has 0 heterocycles. The third-order valence-corrected chi connectivity index (χ3v) is 2.62. The van der Waals surface area contributed by atoms with Crippen LogP contribution in [0.3, 0.4) is 0 Å². The van der Waals surface area contributed by atoms with Crippen molar-refractivity contribution in [3.8, 4) is 0 Å². The summed E-state index contributed by atoms with van der Waals surface area (Å²) in [6.07, 6.45) is 3.81. The first-order valence-corrected chi connectivity index (χ1v) is 6.20. The van der Waals surface area contributed by atoms with Crippen molar-refractivity contribution in [2.75, 3.05) is 60.7 Å². The molecule has 0 amide bonds. The lowest BCUT2D eigenvalue weighted by atomic mass is 10.2. The summed E-state index contributed by atoms with van der Waals surface area (Å²) in [5.41, 5.74) is 0. The van der Waals surface area contributed by atoms with Gasteiger partial charge in [-0.15, -0.1) is 0 Å². The van der Waals surface area contributed by atoms with Crippen LogP contribution in [0.4, 0.5) is 0 Å². The molecule has 1 N–H and O–H groups in total. The Kier molecular flexibility index (Phi) is 12.8. The molecule has 0 aromatic heterocycles. The van der Waals surface area contributed by atoms with E-state index in [1.165, 1.54) is 19.3 Å². The van der Waals surface area contributed by atoms with Gasteiger partial charge in [0.05, 0.1) is 13.2 Å². The van der Waals surface area contributed by atoms with Crippen molar-refractivity contribution < 1.29 is 9.47 Å². The number of rotatable bonds is 12. The average molecular weight is 232 g/mol. The summed E-state index contributed by atoms with van der Waals surface area (Å²) in [7, 11) is 5.51. The third-order valence-electron chi connectivity index (χ3n) is 2.62. The van der Waals surface area contributed by atoms with E-state index in [4.69, 9.17) is 9.47 Å². The van der Waals surface area contributed by atoms with Crippen LogP contribution in [0.25, 0.3) is 0 Å². The molecule has 0 spiro atoms. The molecule has 4 nitrogen and oxygen atoms in total. The molecule has 0 aromatic rings. The summed E-state index contributed by atoms with van der Waals surface area (Å²) in [5, 5.41) is 3.17. The molecule has 0 aliphatic carbocycles. The Hall–Kier alpha value is -0.160. The minimum Gasteiger partial charge on any atom is -0.383 e. The van der Waals surface area contributed by atoms with Crippen LogP contribution in [0.5, 0.6) is 0 Å². The van der Waals surface area contributed by atoms with Gasteiger partial charge in [-0.25, -0.2) is 0 Å². The SMILES string of the molecule is CNCCCCCN(CCOC)CCOC. The summed E-state index contributed by atoms with van der Waals surface area (Å²) in [6.45, 7) is 5.89. The van der Waals surface area contributed by atoms with E-state index in [1.54, 1.807) is 14.2 Å². The highest BCUT2D eigenvalue weighted by atomic mass is 16.5. The summed E-state index contributed by atoms with van der Waals surface area (Å²) in [5.74, 6) is 0. The summed E-state index contributed by atoms with van der Waals surface area (Å²) in [6, 6.07) is 0. The highest BCUT2D eigenvalue weighted by Crippen LogP contribution is 1.98. The molecule has 0 rings (SSSR count). The number of nitrogens with zero attached hydrogens (tertiary/aromatic N) is 1. The fourth-order valence-electron chi connectivity index (χ4n) is 1.59. The normalized spacial score (nSPS) is 11.2. The van der Waals surface area contributed by atoms with E-state index < -0.39 is 0 Å². The van der Waals surface area contributed by atoms with E-state index in [9.17, 15) is 0 Å². The Morgan fingerprint density at radius 1 is 0.875 bits per heavy atom. The molecule has 4 heteroatoms. The van der Waals surface area contributed by atoms with Crippen molar-refractivity contribution in [3.05, 3.63) is 0 Å². The zero-order valence-corrected chi connectivity index (χ0v) is 11.1. The second-order valence-corrected chi connectivity index (χ2v) is 3.99. The minimum atomic E-state index is 0.806. The van der Waals surface area contributed by atoms with Crippen LogP contribution in [0.2, 0.25) is 0 Å². The fraction of sp³-hybridized carbons (Fsp3) is 1.00. The molecule has 0 aliphatic rings. The van der Waals surface area contributed by atoms with Crippen LogP contribution >= 0.6 is 0 Å². The monoisotopic (exact) mass is 232 g/mol. The predicted octanol–water partition coefficient (Wildman–Crippen LogP) is 0.971. The van der Waals surface area contributed by atoms with Gasteiger partial charge in [-0.05, 0) is 33.0 Å². The Bertz CT molecular complexity index is 126. The standard InChI is InChI=1S/C12H28N2O2/c1-13-7-5-4-6-8-14(9-11-15-2)10-12-16-3/h13H,4-12H2,1-3H3. The predicted molar refractivity (Wildman–Crippen MR) is 68.0 cm³/mol. The lowest BCUT2D eigenvalue weighted by Crippen LogP contribution is -2.31. The van der Waals surface area contributed by atoms with Gasteiger partial charge in [0, 0.05) is 27.3 Å². The molecule has 98 valence electrons. The van der Waals surface area contributed by atoms with Gasteiger partial charge in [0.25, 0.3) is 0 Å². The second-order valence-electron chi connectivity index (χ2n) is 3.99. The zero-order chi connectivity index (χ0) is 12.1. The number of hydrogen-bond donors (Lipinski definition) is 1. The number of hydrogen-bond acceptors (Lipinski definition) is 4. The first kappa shape index (κ1) is 15.8. The maximum absolute atomic E-state index is 5.10. The van der Waals surface area contributed by atoms with Crippen LogP contribution in [-0.4, -0.2) is 65.6 Å². The molecule has 0 aromatic carbocycles. The van der Waals surface area contributed by atoms with E-state index in [1.807, 2.05) is 7.05 Å². The maximum Gasteiger partial charge on any atom is 0.0589 e. The zero-order valence-electron chi connectivity index (χ0n) is 11.1. The number of ether oxygens (including phenoxy) is 2. The van der Waals surface area contributed by atoms with Crippen molar-refractivity contribution in [2.24, 2.45) is 0 Å². The van der Waals surface area contributed by atoms with Crippen molar-refractivity contribution in [2.45, 2.75) is 19.3 Å². The van der Waals surface area contributed by atoms with Crippen molar-refractivity contribution in [1.82, 2.24) is 10.2 Å². The second kappa shape index (κ2) is 12.9. The van der Waals surface area contributed by atoms with Crippen LogP contribution in [0.1, 0.15) is 19.3 Å². The van der Waals surface area contributed by atoms with Gasteiger partial charge in [-0.2, -0.15) is 0 Å². The third kappa shape index (κ3) is 10.4. The van der Waals surface area contributed by atoms with Gasteiger partial charge in [0.1, 0.15) is 0 Å². The van der Waals surface area contributed by atoms with E-state index in [0.29, 0.717) is 0 Å². The van der Waals surface area contributed by atoms with Gasteiger partial charge in [-0.3, -0.25) is 4.90 Å². The first-order valence-electron chi connectivity index (χ1n) is 6.20. The van der Waals surface area contributed by atoms with Crippen LogP contribution in [0.15, 0.2) is 0 Å². The van der Waals surface area contributed by atoms with Gasteiger partial charge < -0.3 is 14.8 Å². The van der Waals surface area contributed by atoms with E-state index in [-0.39, 0.29) is 0 Å². The summed E-state index contributed by atoms with van der Waals surface area (Å²) >= 11 is 0. The number of nitrogens with one attached hydrogen (secondary N) is 1. The van der Waals surface area contributed by atoms with Gasteiger partial charge in [0.15, 0.2) is 0 Å². The Morgan fingerprint density at radius 2 is 1.50 bits per heavy atom. The van der Waals surface area contributed by atoms with Gasteiger partial charge >= 0.3 is 0 Å². The molecular formula is C12H28N2O2. The highest BCUT2D eigenvalue weighted by molar-refractivity contribution is 4.58. The highest BCUT2D eigenvalue weighted by Gasteiger charge is 2.03. The lowest BCUT2D eigenvalue weighted by molar-refractivity contribution is 0.113. The first-order chi connectivity index (χ1) is 7.85. The van der Waals surface area contributed by atoms with Gasteiger partial charge in [-0.1, -0.05) is 6.42 Å². The molecule has 16 heavy (non-hydrogen) atoms. The summed E-state index contributed by atoms with van der Waals surface area (Å²) in [4.78, 5) is 2.41. The molecule has 0 saturated heterocycles. The largest absolute Gasteiger partial charge is 0.383 e. The van der Waals surface area contributed by atoms with Crippen molar-refractivity contribution >= 4 is 0 Å². The number of methoxy groups -OCH3 is 2. The molecule has 0 radical (unpaired) electrons. The Labute approximate surface area is 100 Å². The molecular weight excluding hydrogens is 204 g/mol. The summed E-state index contributed by atoms with van der Waals surface area (Å²) < 4.78 is 10.2. The van der Waals surface area contributed by atoms with Crippen molar-refractivity contribution in [3.63, 3.8) is 0 Å². The molecule has 0 aliphatic heterocycles. The van der Waals surface area contributed by atoms with Crippen LogP contribution in [0, 0.1) is 0 Å². The fourth-order valence-corrected chi connectivity index (χ4v) is 1.59. The minimum absolute atomic E-state index is 0.806. The quantitative estimate of drug-likeness (QED) is 0.508. The molecule has 0 fully saturated rings. The topological polar surface area (TPSA) is 33.7 Å². The molecule has 0 unspecified atom stereocenters. The number of unbranched alkanes of at least 4 members (excludes halogenated alkanes) is 2. The smallest absolute Gasteiger partial charge is 0.0589 e.